The van der Waals surface area contributed by atoms with Crippen molar-refractivity contribution in [3.8, 4) is 0 Å². The number of aromatic nitrogens is 1. The fourth-order valence-electron chi connectivity index (χ4n) is 1.82. The summed E-state index contributed by atoms with van der Waals surface area (Å²) in [4.78, 5) is 4.30. The lowest BCUT2D eigenvalue weighted by atomic mass is 9.94. The van der Waals surface area contributed by atoms with Crippen molar-refractivity contribution >= 4 is 10.9 Å². The molecule has 84 valence electrons. The molecule has 2 heteroatoms. The molecule has 2 unspecified atom stereocenters. The second-order valence-electron chi connectivity index (χ2n) is 4.29. The summed E-state index contributed by atoms with van der Waals surface area (Å²) in [6, 6.07) is 9.94. The zero-order chi connectivity index (χ0) is 11.5. The predicted octanol–water partition coefficient (Wildman–Crippen LogP) is 3.31. The van der Waals surface area contributed by atoms with Crippen LogP contribution in [0.2, 0.25) is 0 Å². The molecule has 0 radical (unpaired) electrons. The number of pyridine rings is 1. The lowest BCUT2D eigenvalue weighted by Crippen LogP contribution is -2.07. The van der Waals surface area contributed by atoms with Gasteiger partial charge < -0.3 is 5.11 Å². The van der Waals surface area contributed by atoms with E-state index in [1.807, 2.05) is 30.3 Å². The van der Waals surface area contributed by atoms with Crippen LogP contribution in [0.25, 0.3) is 10.9 Å². The van der Waals surface area contributed by atoms with E-state index in [4.69, 9.17) is 0 Å². The van der Waals surface area contributed by atoms with Crippen molar-refractivity contribution < 1.29 is 5.11 Å². The molecule has 1 aromatic heterocycles. The van der Waals surface area contributed by atoms with Crippen molar-refractivity contribution in [3.05, 3.63) is 42.1 Å². The average Bonchev–Trinajstić information content (AvgIpc) is 2.36. The molecule has 2 nitrogen and oxygen atoms in total. The molecule has 0 bridgehead atoms. The number of hydrogen-bond acceptors (Lipinski definition) is 2. The van der Waals surface area contributed by atoms with Crippen molar-refractivity contribution in [2.75, 3.05) is 0 Å². The monoisotopic (exact) mass is 215 g/mol. The number of fused-ring (bicyclic) bond motifs is 1. The minimum absolute atomic E-state index is 0.279. The number of aliphatic hydroxyl groups excluding tert-OH is 1. The quantitative estimate of drug-likeness (QED) is 0.852. The molecule has 0 saturated carbocycles. The highest BCUT2D eigenvalue weighted by Gasteiger charge is 2.14. The summed E-state index contributed by atoms with van der Waals surface area (Å²) in [7, 11) is 0. The molecular weight excluding hydrogens is 198 g/mol. The van der Waals surface area contributed by atoms with Gasteiger partial charge in [0.2, 0.25) is 0 Å². The molecule has 1 N–H and O–H groups in total. The first-order valence-electron chi connectivity index (χ1n) is 5.75. The fraction of sp³-hybridized carbons (Fsp3) is 0.357. The maximum absolute atomic E-state index is 10.1. The van der Waals surface area contributed by atoms with Crippen LogP contribution >= 0.6 is 0 Å². The molecule has 1 heterocycles. The summed E-state index contributed by atoms with van der Waals surface area (Å²) in [5, 5.41) is 11.2. The van der Waals surface area contributed by atoms with Gasteiger partial charge in [0.25, 0.3) is 0 Å². The first-order chi connectivity index (χ1) is 7.72. The Kier molecular flexibility index (Phi) is 3.20. The minimum atomic E-state index is -0.392. The molecule has 16 heavy (non-hydrogen) atoms. The van der Waals surface area contributed by atoms with E-state index in [2.05, 4.69) is 18.8 Å². The molecule has 0 amide bonds. The highest BCUT2D eigenvalue weighted by molar-refractivity contribution is 5.78. The molecule has 0 fully saturated rings. The Morgan fingerprint density at radius 3 is 2.88 bits per heavy atom. The predicted molar refractivity (Wildman–Crippen MR) is 66.2 cm³/mol. The molecule has 0 aliphatic carbocycles. The molecule has 0 spiro atoms. The zero-order valence-electron chi connectivity index (χ0n) is 9.72. The molecule has 0 aliphatic heterocycles. The molecule has 1 aromatic carbocycles. The van der Waals surface area contributed by atoms with Crippen LogP contribution in [0.1, 0.15) is 31.9 Å². The topological polar surface area (TPSA) is 33.1 Å². The van der Waals surface area contributed by atoms with Gasteiger partial charge >= 0.3 is 0 Å². The Morgan fingerprint density at radius 1 is 1.31 bits per heavy atom. The Balaban J connectivity index is 2.39. The Hall–Kier alpha value is -1.41. The van der Waals surface area contributed by atoms with Gasteiger partial charge in [0, 0.05) is 11.6 Å². The van der Waals surface area contributed by atoms with Gasteiger partial charge in [0.15, 0.2) is 0 Å². The average molecular weight is 215 g/mol. The van der Waals surface area contributed by atoms with E-state index in [1.54, 1.807) is 6.20 Å². The van der Waals surface area contributed by atoms with Crippen molar-refractivity contribution in [3.63, 3.8) is 0 Å². The molecule has 0 aliphatic rings. The van der Waals surface area contributed by atoms with Crippen molar-refractivity contribution in [1.29, 1.82) is 0 Å². The Morgan fingerprint density at radius 2 is 2.12 bits per heavy atom. The van der Waals surface area contributed by atoms with E-state index in [9.17, 15) is 5.11 Å². The smallest absolute Gasteiger partial charge is 0.0816 e. The largest absolute Gasteiger partial charge is 0.388 e. The Labute approximate surface area is 96.0 Å². The summed E-state index contributed by atoms with van der Waals surface area (Å²) >= 11 is 0. The summed E-state index contributed by atoms with van der Waals surface area (Å²) in [5.74, 6) is 0.279. The van der Waals surface area contributed by atoms with E-state index in [1.165, 1.54) is 0 Å². The Bertz CT molecular complexity index is 481. The van der Waals surface area contributed by atoms with Gasteiger partial charge in [-0.15, -0.1) is 0 Å². The molecule has 2 atom stereocenters. The molecule has 0 saturated heterocycles. The van der Waals surface area contributed by atoms with E-state index in [-0.39, 0.29) is 5.92 Å². The van der Waals surface area contributed by atoms with Crippen LogP contribution in [0.3, 0.4) is 0 Å². The highest BCUT2D eigenvalue weighted by atomic mass is 16.3. The second-order valence-corrected chi connectivity index (χ2v) is 4.29. The summed E-state index contributed by atoms with van der Waals surface area (Å²) in [5.41, 5.74) is 1.91. The van der Waals surface area contributed by atoms with Crippen LogP contribution in [0, 0.1) is 5.92 Å². The number of benzene rings is 1. The number of nitrogens with zero attached hydrogens (tertiary/aromatic N) is 1. The third-order valence-corrected chi connectivity index (χ3v) is 3.15. The first-order valence-corrected chi connectivity index (χ1v) is 5.75. The van der Waals surface area contributed by atoms with Gasteiger partial charge in [-0.05, 0) is 23.6 Å². The lowest BCUT2D eigenvalue weighted by molar-refractivity contribution is 0.115. The molecule has 2 aromatic rings. The SMILES string of the molecule is CCC(C)C(O)c1ccc2cccnc2c1. The lowest BCUT2D eigenvalue weighted by Gasteiger charge is -2.17. The molecular formula is C14H17NO. The van der Waals surface area contributed by atoms with Crippen LogP contribution in [0.4, 0.5) is 0 Å². The summed E-state index contributed by atoms with van der Waals surface area (Å²) in [6.07, 6.45) is 2.36. The van der Waals surface area contributed by atoms with Crippen molar-refractivity contribution in [1.82, 2.24) is 4.98 Å². The van der Waals surface area contributed by atoms with Crippen LogP contribution < -0.4 is 0 Å². The van der Waals surface area contributed by atoms with E-state index < -0.39 is 6.10 Å². The van der Waals surface area contributed by atoms with Gasteiger partial charge in [-0.1, -0.05) is 38.5 Å². The maximum Gasteiger partial charge on any atom is 0.0816 e. The van der Waals surface area contributed by atoms with E-state index >= 15 is 0 Å². The number of aliphatic hydroxyl groups is 1. The highest BCUT2D eigenvalue weighted by Crippen LogP contribution is 2.26. The van der Waals surface area contributed by atoms with Crippen LogP contribution in [0.15, 0.2) is 36.5 Å². The minimum Gasteiger partial charge on any atom is -0.388 e. The fourth-order valence-corrected chi connectivity index (χ4v) is 1.82. The normalized spacial score (nSPS) is 14.9. The van der Waals surface area contributed by atoms with E-state index in [0.29, 0.717) is 0 Å². The van der Waals surface area contributed by atoms with Crippen molar-refractivity contribution in [2.24, 2.45) is 5.92 Å². The third kappa shape index (κ3) is 2.07. The standard InChI is InChI=1S/C14H17NO/c1-3-10(2)14(16)12-7-6-11-5-4-8-15-13(11)9-12/h4-10,14,16H,3H2,1-2H3. The van der Waals surface area contributed by atoms with Gasteiger partial charge in [0.05, 0.1) is 11.6 Å². The van der Waals surface area contributed by atoms with Gasteiger partial charge in [-0.2, -0.15) is 0 Å². The second kappa shape index (κ2) is 4.62. The molecule has 2 rings (SSSR count). The van der Waals surface area contributed by atoms with Crippen LogP contribution in [-0.4, -0.2) is 10.1 Å². The third-order valence-electron chi connectivity index (χ3n) is 3.15. The van der Waals surface area contributed by atoms with Crippen molar-refractivity contribution in [2.45, 2.75) is 26.4 Å². The zero-order valence-corrected chi connectivity index (χ0v) is 9.72. The van der Waals surface area contributed by atoms with Crippen LogP contribution in [-0.2, 0) is 0 Å². The maximum atomic E-state index is 10.1. The van der Waals surface area contributed by atoms with Crippen LogP contribution in [0.5, 0.6) is 0 Å². The van der Waals surface area contributed by atoms with Gasteiger partial charge in [-0.25, -0.2) is 0 Å². The van der Waals surface area contributed by atoms with Gasteiger partial charge in [0.1, 0.15) is 0 Å². The summed E-state index contributed by atoms with van der Waals surface area (Å²) < 4.78 is 0. The summed E-state index contributed by atoms with van der Waals surface area (Å²) in [6.45, 7) is 4.15. The number of rotatable bonds is 3. The number of hydrogen-bond donors (Lipinski definition) is 1. The first kappa shape index (κ1) is 11.1. The van der Waals surface area contributed by atoms with Gasteiger partial charge in [-0.3, -0.25) is 4.98 Å². The van der Waals surface area contributed by atoms with E-state index in [0.717, 1.165) is 22.9 Å².